The molecule has 1 amide bonds. The van der Waals surface area contributed by atoms with Gasteiger partial charge in [-0.1, -0.05) is 30.3 Å². The predicted octanol–water partition coefficient (Wildman–Crippen LogP) is 2.25. The van der Waals surface area contributed by atoms with Crippen molar-refractivity contribution in [2.45, 2.75) is 25.4 Å². The molecule has 4 nitrogen and oxygen atoms in total. The Morgan fingerprint density at radius 2 is 2.00 bits per heavy atom. The normalized spacial score (nSPS) is 22.6. The molecule has 1 unspecified atom stereocenters. The van der Waals surface area contributed by atoms with Gasteiger partial charge in [0.1, 0.15) is 17.6 Å². The number of ether oxygens (including phenoxy) is 1. The third-order valence-corrected chi connectivity index (χ3v) is 3.29. The fourth-order valence-corrected chi connectivity index (χ4v) is 2.37. The lowest BCUT2D eigenvalue weighted by atomic mass is 9.99. The van der Waals surface area contributed by atoms with E-state index in [1.807, 2.05) is 30.3 Å². The Balaban J connectivity index is 1.83. The van der Waals surface area contributed by atoms with Gasteiger partial charge in [0, 0.05) is 19.4 Å². The van der Waals surface area contributed by atoms with Crippen LogP contribution in [0.4, 0.5) is 4.79 Å². The molecule has 1 fully saturated rings. The Hall–Kier alpha value is -2.10. The lowest BCUT2D eigenvalue weighted by Crippen LogP contribution is -2.35. The van der Waals surface area contributed by atoms with Gasteiger partial charge in [-0.25, -0.2) is 4.79 Å². The maximum absolute atomic E-state index is 11.8. The maximum Gasteiger partial charge on any atom is 0.415 e. The molecule has 0 aromatic heterocycles. The average molecular weight is 243 g/mol. The second-order valence-corrected chi connectivity index (χ2v) is 4.55. The molecule has 1 heterocycles. The van der Waals surface area contributed by atoms with Gasteiger partial charge in [-0.05, 0) is 11.6 Å². The minimum absolute atomic E-state index is 0.153. The van der Waals surface area contributed by atoms with Gasteiger partial charge in [0.2, 0.25) is 0 Å². The third kappa shape index (κ3) is 1.90. The van der Waals surface area contributed by atoms with Crippen LogP contribution >= 0.6 is 0 Å². The molecule has 2 aliphatic rings. The first-order chi connectivity index (χ1) is 8.74. The van der Waals surface area contributed by atoms with Gasteiger partial charge in [0.05, 0.1) is 0 Å². The summed E-state index contributed by atoms with van der Waals surface area (Å²) in [5.74, 6) is 0.788. The number of carbonyl (C=O) groups excluding carboxylic acids is 2. The van der Waals surface area contributed by atoms with Crippen molar-refractivity contribution in [3.63, 3.8) is 0 Å². The van der Waals surface area contributed by atoms with E-state index >= 15 is 0 Å². The third-order valence-electron chi connectivity index (χ3n) is 3.29. The van der Waals surface area contributed by atoms with E-state index in [9.17, 15) is 9.59 Å². The molecule has 1 aliphatic carbocycles. The smallest absolute Gasteiger partial charge is 0.413 e. The first kappa shape index (κ1) is 11.0. The van der Waals surface area contributed by atoms with Crippen LogP contribution in [0.1, 0.15) is 18.4 Å². The highest BCUT2D eigenvalue weighted by atomic mass is 16.6. The first-order valence-corrected chi connectivity index (χ1v) is 5.98. The van der Waals surface area contributed by atoms with E-state index in [4.69, 9.17) is 4.74 Å². The quantitative estimate of drug-likeness (QED) is 0.800. The molecule has 1 aromatic carbocycles. The highest BCUT2D eigenvalue weighted by Crippen LogP contribution is 2.31. The molecule has 0 N–H and O–H groups in total. The molecular formula is C14H13NO3. The van der Waals surface area contributed by atoms with Crippen molar-refractivity contribution in [3.05, 3.63) is 47.7 Å². The number of benzene rings is 1. The van der Waals surface area contributed by atoms with Crippen molar-refractivity contribution in [3.8, 4) is 0 Å². The molecule has 0 radical (unpaired) electrons. The van der Waals surface area contributed by atoms with Gasteiger partial charge in [-0.2, -0.15) is 0 Å². The molecule has 0 saturated carbocycles. The lowest BCUT2D eigenvalue weighted by molar-refractivity contribution is -0.119. The minimum Gasteiger partial charge on any atom is -0.413 e. The van der Waals surface area contributed by atoms with Crippen LogP contribution in [-0.4, -0.2) is 22.8 Å². The number of amides is 1. The van der Waals surface area contributed by atoms with E-state index < -0.39 is 0 Å². The van der Waals surface area contributed by atoms with Crippen LogP contribution in [0.2, 0.25) is 0 Å². The average Bonchev–Trinajstić information content (AvgIpc) is 2.67. The monoisotopic (exact) mass is 243 g/mol. The molecule has 18 heavy (non-hydrogen) atoms. The maximum atomic E-state index is 11.8. The van der Waals surface area contributed by atoms with Crippen molar-refractivity contribution in [1.29, 1.82) is 0 Å². The van der Waals surface area contributed by atoms with Gasteiger partial charge in [0.15, 0.2) is 0 Å². The highest BCUT2D eigenvalue weighted by molar-refractivity contribution is 5.85. The van der Waals surface area contributed by atoms with Gasteiger partial charge >= 0.3 is 6.09 Å². The Morgan fingerprint density at radius 3 is 2.78 bits per heavy atom. The number of Topliss-reactive ketones (excluding diaryl/α,β-unsaturated/α-hetero) is 1. The molecule has 1 atom stereocenters. The van der Waals surface area contributed by atoms with E-state index in [0.717, 1.165) is 5.56 Å². The summed E-state index contributed by atoms with van der Waals surface area (Å²) in [4.78, 5) is 24.9. The van der Waals surface area contributed by atoms with E-state index in [1.54, 1.807) is 11.0 Å². The van der Waals surface area contributed by atoms with Gasteiger partial charge in [0.25, 0.3) is 0 Å². The van der Waals surface area contributed by atoms with Crippen LogP contribution in [0.25, 0.3) is 0 Å². The number of nitrogens with zero attached hydrogens (tertiary/aromatic N) is 1. The fourth-order valence-electron chi connectivity index (χ4n) is 2.37. The van der Waals surface area contributed by atoms with E-state index in [2.05, 4.69) is 0 Å². The molecule has 4 heteroatoms. The SMILES string of the molecule is O=C1CC=C2OC(=O)N(Cc3ccccc3)C2C1. The molecule has 0 spiro atoms. The topological polar surface area (TPSA) is 46.6 Å². The van der Waals surface area contributed by atoms with Crippen LogP contribution in [0.3, 0.4) is 0 Å². The van der Waals surface area contributed by atoms with E-state index in [1.165, 1.54) is 0 Å². The van der Waals surface area contributed by atoms with E-state index in [0.29, 0.717) is 25.1 Å². The van der Waals surface area contributed by atoms with Crippen molar-refractivity contribution < 1.29 is 14.3 Å². The van der Waals surface area contributed by atoms with Crippen LogP contribution in [0.5, 0.6) is 0 Å². The van der Waals surface area contributed by atoms with Crippen molar-refractivity contribution in [1.82, 2.24) is 4.90 Å². The summed E-state index contributed by atoms with van der Waals surface area (Å²) >= 11 is 0. The summed E-state index contributed by atoms with van der Waals surface area (Å²) in [5.41, 5.74) is 1.04. The zero-order chi connectivity index (χ0) is 12.5. The fraction of sp³-hybridized carbons (Fsp3) is 0.286. The van der Waals surface area contributed by atoms with Gasteiger partial charge < -0.3 is 4.74 Å². The Labute approximate surface area is 105 Å². The lowest BCUT2D eigenvalue weighted by Gasteiger charge is -2.22. The second kappa shape index (κ2) is 4.29. The number of hydrogen-bond donors (Lipinski definition) is 0. The van der Waals surface area contributed by atoms with Gasteiger partial charge in [-0.3, -0.25) is 9.69 Å². The Morgan fingerprint density at radius 1 is 1.22 bits per heavy atom. The summed E-state index contributed by atoms with van der Waals surface area (Å²) in [5, 5.41) is 0. The number of rotatable bonds is 2. The molecule has 92 valence electrons. The Bertz CT molecular complexity index is 521. The summed E-state index contributed by atoms with van der Waals surface area (Å²) in [6.45, 7) is 0.481. The molecular weight excluding hydrogens is 230 g/mol. The number of ketones is 1. The van der Waals surface area contributed by atoms with Crippen LogP contribution in [0, 0.1) is 0 Å². The predicted molar refractivity (Wildman–Crippen MR) is 64.6 cm³/mol. The molecule has 1 aromatic rings. The highest BCUT2D eigenvalue weighted by Gasteiger charge is 2.40. The van der Waals surface area contributed by atoms with Crippen LogP contribution in [-0.2, 0) is 16.1 Å². The number of hydrogen-bond acceptors (Lipinski definition) is 3. The van der Waals surface area contributed by atoms with Gasteiger partial charge in [-0.15, -0.1) is 0 Å². The van der Waals surface area contributed by atoms with Crippen molar-refractivity contribution in [2.24, 2.45) is 0 Å². The standard InChI is InChI=1S/C14H13NO3/c16-11-6-7-13-12(8-11)15(14(17)18-13)9-10-4-2-1-3-5-10/h1-5,7,12H,6,8-9H2. The summed E-state index contributed by atoms with van der Waals surface area (Å²) < 4.78 is 5.19. The van der Waals surface area contributed by atoms with E-state index in [-0.39, 0.29) is 17.9 Å². The summed E-state index contributed by atoms with van der Waals surface area (Å²) in [6, 6.07) is 9.50. The number of carbonyl (C=O) groups is 2. The second-order valence-electron chi connectivity index (χ2n) is 4.55. The summed E-state index contributed by atoms with van der Waals surface area (Å²) in [7, 11) is 0. The summed E-state index contributed by atoms with van der Waals surface area (Å²) in [6.07, 6.45) is 2.10. The Kier molecular flexibility index (Phi) is 2.63. The van der Waals surface area contributed by atoms with Crippen LogP contribution < -0.4 is 0 Å². The molecule has 1 aliphatic heterocycles. The largest absolute Gasteiger partial charge is 0.415 e. The zero-order valence-corrected chi connectivity index (χ0v) is 9.83. The molecule has 1 saturated heterocycles. The number of allylic oxidation sites excluding steroid dienone is 1. The minimum atomic E-state index is -0.357. The first-order valence-electron chi connectivity index (χ1n) is 5.98. The van der Waals surface area contributed by atoms with Crippen molar-refractivity contribution >= 4 is 11.9 Å². The number of fused-ring (bicyclic) bond motifs is 1. The van der Waals surface area contributed by atoms with Crippen molar-refractivity contribution in [2.75, 3.05) is 0 Å². The molecule has 3 rings (SSSR count). The van der Waals surface area contributed by atoms with Crippen LogP contribution in [0.15, 0.2) is 42.2 Å². The zero-order valence-electron chi connectivity index (χ0n) is 9.83. The molecule has 0 bridgehead atoms.